The van der Waals surface area contributed by atoms with Crippen molar-refractivity contribution in [1.29, 1.82) is 0 Å². The highest BCUT2D eigenvalue weighted by Gasteiger charge is 2.26. The molecule has 0 aliphatic rings. The van der Waals surface area contributed by atoms with Crippen LogP contribution in [0.3, 0.4) is 0 Å². The molecule has 0 saturated heterocycles. The highest BCUT2D eigenvalue weighted by molar-refractivity contribution is 6.05. The van der Waals surface area contributed by atoms with Gasteiger partial charge in [-0.15, -0.1) is 0 Å². The first-order valence-electron chi connectivity index (χ1n) is 10.5. The van der Waals surface area contributed by atoms with E-state index in [-0.39, 0.29) is 5.69 Å². The Labute approximate surface area is 192 Å². The molecule has 1 N–H and O–H groups in total. The Morgan fingerprint density at radius 2 is 1.61 bits per heavy atom. The van der Waals surface area contributed by atoms with Crippen molar-refractivity contribution in [2.75, 3.05) is 12.4 Å². The van der Waals surface area contributed by atoms with Crippen LogP contribution in [0.5, 0.6) is 0 Å². The maximum atomic E-state index is 12.9. The van der Waals surface area contributed by atoms with Gasteiger partial charge in [0.05, 0.1) is 30.7 Å². The topological polar surface area (TPSA) is 82.5 Å². The van der Waals surface area contributed by atoms with E-state index in [4.69, 9.17) is 9.47 Å². The molecule has 2 heterocycles. The minimum Gasteiger partial charge on any atom is -0.464 e. The maximum Gasteiger partial charge on any atom is 0.419 e. The van der Waals surface area contributed by atoms with Crippen LogP contribution in [0.25, 0.3) is 22.0 Å². The summed E-state index contributed by atoms with van der Waals surface area (Å²) in [6, 6.07) is 19.7. The number of hydrogen-bond donors (Lipinski definition) is 1. The molecule has 2 aromatic carbocycles. The third-order valence-electron chi connectivity index (χ3n) is 4.97. The van der Waals surface area contributed by atoms with E-state index in [1.165, 1.54) is 17.9 Å². The van der Waals surface area contributed by atoms with Gasteiger partial charge in [-0.25, -0.2) is 14.2 Å². The van der Waals surface area contributed by atoms with Crippen LogP contribution < -0.4 is 5.32 Å². The van der Waals surface area contributed by atoms with Crippen LogP contribution in [-0.4, -0.2) is 34.3 Å². The van der Waals surface area contributed by atoms with Crippen molar-refractivity contribution in [3.05, 3.63) is 78.8 Å². The lowest BCUT2D eigenvalue weighted by Gasteiger charge is -2.20. The van der Waals surface area contributed by atoms with Crippen LogP contribution in [0.4, 0.5) is 16.2 Å². The first kappa shape index (κ1) is 22.1. The number of fused-ring (bicyclic) bond motifs is 1. The number of carbonyl (C=O) groups is 2. The van der Waals surface area contributed by atoms with E-state index >= 15 is 0 Å². The van der Waals surface area contributed by atoms with Crippen LogP contribution in [0.15, 0.2) is 73.1 Å². The van der Waals surface area contributed by atoms with Gasteiger partial charge in [0, 0.05) is 11.1 Å². The fourth-order valence-electron chi connectivity index (χ4n) is 3.51. The first-order valence-corrected chi connectivity index (χ1v) is 10.5. The van der Waals surface area contributed by atoms with Crippen molar-refractivity contribution >= 4 is 34.3 Å². The molecular formula is C26H25N3O4. The summed E-state index contributed by atoms with van der Waals surface area (Å²) in [4.78, 5) is 29.6. The Hall–Kier alpha value is -4.13. The number of benzene rings is 2. The number of hydrogen-bond acceptors (Lipinski definition) is 6. The average Bonchev–Trinajstić information content (AvgIpc) is 3.19. The summed E-state index contributed by atoms with van der Waals surface area (Å²) in [5.74, 6) is -0.643. The number of esters is 1. The second-order valence-electron chi connectivity index (χ2n) is 8.53. The van der Waals surface area contributed by atoms with Crippen molar-refractivity contribution in [2.45, 2.75) is 26.4 Å². The Morgan fingerprint density at radius 3 is 2.24 bits per heavy atom. The van der Waals surface area contributed by atoms with Gasteiger partial charge in [-0.2, -0.15) is 0 Å². The molecule has 4 aromatic rings. The van der Waals surface area contributed by atoms with Crippen LogP contribution in [0, 0.1) is 0 Å². The molecule has 33 heavy (non-hydrogen) atoms. The van der Waals surface area contributed by atoms with E-state index in [2.05, 4.69) is 22.4 Å². The highest BCUT2D eigenvalue weighted by atomic mass is 16.6. The van der Waals surface area contributed by atoms with Crippen molar-refractivity contribution in [3.8, 4) is 11.1 Å². The van der Waals surface area contributed by atoms with Crippen LogP contribution in [-0.2, 0) is 9.47 Å². The quantitative estimate of drug-likeness (QED) is 0.389. The first-order chi connectivity index (χ1) is 15.8. The van der Waals surface area contributed by atoms with Crippen molar-refractivity contribution in [1.82, 2.24) is 9.55 Å². The van der Waals surface area contributed by atoms with Crippen LogP contribution in [0.1, 0.15) is 31.3 Å². The molecule has 0 unspecified atom stereocenters. The molecular weight excluding hydrogens is 418 g/mol. The zero-order valence-electron chi connectivity index (χ0n) is 19.0. The van der Waals surface area contributed by atoms with E-state index in [1.54, 1.807) is 33.0 Å². The van der Waals surface area contributed by atoms with E-state index in [0.717, 1.165) is 16.8 Å². The van der Waals surface area contributed by atoms with Crippen molar-refractivity contribution in [3.63, 3.8) is 0 Å². The molecule has 0 atom stereocenters. The van der Waals surface area contributed by atoms with E-state index in [9.17, 15) is 9.59 Å². The van der Waals surface area contributed by atoms with Gasteiger partial charge in [0.15, 0.2) is 0 Å². The molecule has 7 nitrogen and oxygen atoms in total. The standard InChI is InChI=1S/C26H25N3O4/c1-26(2,3)33-25(31)29-22(24(30)32-4)14-20-21(15-27-16-23(20)29)28-19-12-10-18(11-13-19)17-8-6-5-7-9-17/h5-16,28H,1-4H3. The summed E-state index contributed by atoms with van der Waals surface area (Å²) in [7, 11) is 1.27. The third-order valence-corrected chi connectivity index (χ3v) is 4.97. The lowest BCUT2D eigenvalue weighted by Crippen LogP contribution is -2.29. The van der Waals surface area contributed by atoms with E-state index in [0.29, 0.717) is 16.6 Å². The number of pyridine rings is 1. The van der Waals surface area contributed by atoms with Crippen LogP contribution >= 0.6 is 0 Å². The summed E-state index contributed by atoms with van der Waals surface area (Å²) in [6.45, 7) is 5.29. The van der Waals surface area contributed by atoms with Gasteiger partial charge < -0.3 is 14.8 Å². The summed E-state index contributed by atoms with van der Waals surface area (Å²) in [6.07, 6.45) is 2.49. The minimum atomic E-state index is -0.731. The Morgan fingerprint density at radius 1 is 0.939 bits per heavy atom. The number of methoxy groups -OCH3 is 1. The third kappa shape index (κ3) is 4.72. The number of nitrogens with zero attached hydrogens (tertiary/aromatic N) is 2. The molecule has 0 saturated carbocycles. The maximum absolute atomic E-state index is 12.9. The normalized spacial score (nSPS) is 11.3. The number of anilines is 2. The average molecular weight is 444 g/mol. The smallest absolute Gasteiger partial charge is 0.419 e. The van der Waals surface area contributed by atoms with Gasteiger partial charge in [-0.1, -0.05) is 42.5 Å². The van der Waals surface area contributed by atoms with Gasteiger partial charge in [0.25, 0.3) is 0 Å². The fourth-order valence-corrected chi connectivity index (χ4v) is 3.51. The van der Waals surface area contributed by atoms with Gasteiger partial charge in [0.1, 0.15) is 11.3 Å². The van der Waals surface area contributed by atoms with Gasteiger partial charge >= 0.3 is 12.1 Å². The SMILES string of the molecule is COC(=O)c1cc2c(Nc3ccc(-c4ccccc4)cc3)cncc2n1C(=O)OC(C)(C)C. The summed E-state index contributed by atoms with van der Waals surface area (Å²) in [5.41, 5.74) is 3.49. The van der Waals surface area contributed by atoms with Crippen LogP contribution in [0.2, 0.25) is 0 Å². The monoisotopic (exact) mass is 443 g/mol. The number of aromatic nitrogens is 2. The molecule has 4 rings (SSSR count). The zero-order chi connectivity index (χ0) is 23.6. The predicted molar refractivity (Wildman–Crippen MR) is 128 cm³/mol. The van der Waals surface area contributed by atoms with Gasteiger partial charge in [-0.3, -0.25) is 4.98 Å². The number of rotatable bonds is 4. The largest absolute Gasteiger partial charge is 0.464 e. The van der Waals surface area contributed by atoms with E-state index in [1.807, 2.05) is 42.5 Å². The van der Waals surface area contributed by atoms with Gasteiger partial charge in [-0.05, 0) is 50.1 Å². The lowest BCUT2D eigenvalue weighted by atomic mass is 10.1. The molecule has 0 radical (unpaired) electrons. The van der Waals surface area contributed by atoms with Crippen molar-refractivity contribution < 1.29 is 19.1 Å². The number of ether oxygens (including phenoxy) is 2. The second-order valence-corrected chi connectivity index (χ2v) is 8.53. The molecule has 0 amide bonds. The molecule has 168 valence electrons. The summed E-state index contributed by atoms with van der Waals surface area (Å²) < 4.78 is 11.6. The minimum absolute atomic E-state index is 0.0669. The van der Waals surface area contributed by atoms with Crippen molar-refractivity contribution in [2.24, 2.45) is 0 Å². The molecule has 2 aromatic heterocycles. The second kappa shape index (κ2) is 8.78. The van der Waals surface area contributed by atoms with Gasteiger partial charge in [0.2, 0.25) is 0 Å². The molecule has 0 spiro atoms. The Kier molecular flexibility index (Phi) is 5.87. The molecule has 0 bridgehead atoms. The van der Waals surface area contributed by atoms with E-state index < -0.39 is 17.7 Å². The Bertz CT molecular complexity index is 1300. The summed E-state index contributed by atoms with van der Waals surface area (Å²) >= 11 is 0. The molecule has 0 fully saturated rings. The molecule has 0 aliphatic heterocycles. The lowest BCUT2D eigenvalue weighted by molar-refractivity contribution is 0.0489. The Balaban J connectivity index is 1.72. The number of nitrogens with one attached hydrogen (secondary N) is 1. The summed E-state index contributed by atoms with van der Waals surface area (Å²) in [5, 5.41) is 3.97. The fraction of sp³-hybridized carbons (Fsp3) is 0.192. The molecule has 0 aliphatic carbocycles. The highest BCUT2D eigenvalue weighted by Crippen LogP contribution is 2.30. The molecule has 7 heteroatoms. The number of carbonyl (C=O) groups excluding carboxylic acids is 2. The predicted octanol–water partition coefficient (Wildman–Crippen LogP) is 6.02. The zero-order valence-corrected chi connectivity index (χ0v) is 19.0.